The van der Waals surface area contributed by atoms with Crippen LogP contribution in [-0.4, -0.2) is 50.6 Å². The smallest absolute Gasteiger partial charge is 0.265 e. The molecular weight excluding hydrogens is 240 g/mol. The van der Waals surface area contributed by atoms with E-state index < -0.39 is 0 Å². The Bertz CT molecular complexity index is 410. The van der Waals surface area contributed by atoms with Crippen LogP contribution >= 0.6 is 0 Å². The first-order valence-electron chi connectivity index (χ1n) is 6.77. The van der Waals surface area contributed by atoms with Gasteiger partial charge in [0.25, 0.3) is 5.91 Å². The number of amides is 1. The van der Waals surface area contributed by atoms with Gasteiger partial charge < -0.3 is 9.80 Å². The Morgan fingerprint density at radius 2 is 1.79 bits per heavy atom. The molecule has 2 N–H and O–H groups in total. The Labute approximate surface area is 114 Å². The molecule has 19 heavy (non-hydrogen) atoms. The fourth-order valence-corrected chi connectivity index (χ4v) is 2.13. The number of rotatable bonds is 4. The van der Waals surface area contributed by atoms with Gasteiger partial charge in [-0.1, -0.05) is 6.92 Å². The average Bonchev–Trinajstić information content (AvgIpc) is 2.46. The zero-order chi connectivity index (χ0) is 13.7. The summed E-state index contributed by atoms with van der Waals surface area (Å²) < 4.78 is 0. The Kier molecular flexibility index (Phi) is 4.76. The van der Waals surface area contributed by atoms with Crippen LogP contribution < -0.4 is 15.8 Å². The molecule has 1 saturated heterocycles. The summed E-state index contributed by atoms with van der Waals surface area (Å²) in [5, 5.41) is 0. The summed E-state index contributed by atoms with van der Waals surface area (Å²) >= 11 is 0. The van der Waals surface area contributed by atoms with Crippen LogP contribution in [0.25, 0.3) is 0 Å². The van der Waals surface area contributed by atoms with Gasteiger partial charge in [-0.15, -0.1) is 0 Å². The van der Waals surface area contributed by atoms with E-state index in [2.05, 4.69) is 27.7 Å². The molecule has 1 heterocycles. The Morgan fingerprint density at radius 1 is 1.16 bits per heavy atom. The standard InChI is InChI=1S/C14H22N4O/c1-3-15-16-14(19)12-4-6-13(7-5-12)18-10-8-17(2)9-11-18/h4-7,15H,3,8-11H2,1-2H3,(H,16,19). The van der Waals surface area contributed by atoms with E-state index in [-0.39, 0.29) is 5.91 Å². The van der Waals surface area contributed by atoms with Gasteiger partial charge in [-0.05, 0) is 31.3 Å². The summed E-state index contributed by atoms with van der Waals surface area (Å²) in [6, 6.07) is 7.79. The van der Waals surface area contributed by atoms with Crippen LogP contribution in [0.5, 0.6) is 0 Å². The van der Waals surface area contributed by atoms with Crippen molar-refractivity contribution in [3.63, 3.8) is 0 Å². The Balaban J connectivity index is 1.96. The van der Waals surface area contributed by atoms with Crippen LogP contribution in [0.15, 0.2) is 24.3 Å². The van der Waals surface area contributed by atoms with Crippen molar-refractivity contribution in [2.45, 2.75) is 6.92 Å². The molecule has 0 aromatic heterocycles. The third-order valence-electron chi connectivity index (χ3n) is 3.38. The van der Waals surface area contributed by atoms with E-state index in [4.69, 9.17) is 0 Å². The summed E-state index contributed by atoms with van der Waals surface area (Å²) in [6.45, 7) is 6.91. The highest BCUT2D eigenvalue weighted by molar-refractivity contribution is 5.94. The summed E-state index contributed by atoms with van der Waals surface area (Å²) in [5.74, 6) is -0.0909. The highest BCUT2D eigenvalue weighted by Gasteiger charge is 2.14. The summed E-state index contributed by atoms with van der Waals surface area (Å²) in [5.41, 5.74) is 7.33. The van der Waals surface area contributed by atoms with Crippen LogP contribution in [-0.2, 0) is 0 Å². The molecule has 1 aromatic rings. The fraction of sp³-hybridized carbons (Fsp3) is 0.500. The lowest BCUT2D eigenvalue weighted by Gasteiger charge is -2.34. The number of hydrogen-bond donors (Lipinski definition) is 2. The molecule has 0 bridgehead atoms. The second-order valence-corrected chi connectivity index (χ2v) is 4.82. The van der Waals surface area contributed by atoms with Crippen molar-refractivity contribution in [3.05, 3.63) is 29.8 Å². The maximum Gasteiger partial charge on any atom is 0.265 e. The van der Waals surface area contributed by atoms with E-state index in [0.717, 1.165) is 26.2 Å². The predicted molar refractivity (Wildman–Crippen MR) is 77.3 cm³/mol. The van der Waals surface area contributed by atoms with E-state index >= 15 is 0 Å². The minimum absolute atomic E-state index is 0.0909. The highest BCUT2D eigenvalue weighted by Crippen LogP contribution is 2.16. The van der Waals surface area contributed by atoms with Gasteiger partial charge in [0, 0.05) is 44.0 Å². The molecule has 0 atom stereocenters. The quantitative estimate of drug-likeness (QED) is 0.784. The van der Waals surface area contributed by atoms with E-state index in [1.165, 1.54) is 5.69 Å². The maximum absolute atomic E-state index is 11.7. The molecule has 0 radical (unpaired) electrons. The second-order valence-electron chi connectivity index (χ2n) is 4.82. The van der Waals surface area contributed by atoms with Gasteiger partial charge >= 0.3 is 0 Å². The molecule has 104 valence electrons. The first kappa shape index (κ1) is 13.8. The molecular formula is C14H22N4O. The molecule has 1 amide bonds. The number of piperazine rings is 1. The Hall–Kier alpha value is -1.59. The van der Waals surface area contributed by atoms with Crippen molar-refractivity contribution in [2.75, 3.05) is 44.7 Å². The van der Waals surface area contributed by atoms with Crippen molar-refractivity contribution in [2.24, 2.45) is 0 Å². The first-order valence-corrected chi connectivity index (χ1v) is 6.77. The number of anilines is 1. The van der Waals surface area contributed by atoms with Crippen LogP contribution in [0.3, 0.4) is 0 Å². The molecule has 5 nitrogen and oxygen atoms in total. The fourth-order valence-electron chi connectivity index (χ4n) is 2.13. The van der Waals surface area contributed by atoms with Crippen LogP contribution in [0.1, 0.15) is 17.3 Å². The maximum atomic E-state index is 11.7. The van der Waals surface area contributed by atoms with Gasteiger partial charge in [-0.3, -0.25) is 10.2 Å². The molecule has 1 aromatic carbocycles. The van der Waals surface area contributed by atoms with Gasteiger partial charge in [-0.2, -0.15) is 0 Å². The van der Waals surface area contributed by atoms with Crippen molar-refractivity contribution in [3.8, 4) is 0 Å². The van der Waals surface area contributed by atoms with Crippen molar-refractivity contribution >= 4 is 11.6 Å². The highest BCUT2D eigenvalue weighted by atomic mass is 16.2. The normalized spacial score (nSPS) is 16.4. The van der Waals surface area contributed by atoms with Gasteiger partial charge in [-0.25, -0.2) is 5.43 Å². The third kappa shape index (κ3) is 3.68. The zero-order valence-corrected chi connectivity index (χ0v) is 11.6. The lowest BCUT2D eigenvalue weighted by molar-refractivity contribution is 0.0934. The minimum Gasteiger partial charge on any atom is -0.369 e. The summed E-state index contributed by atoms with van der Waals surface area (Å²) in [4.78, 5) is 16.4. The Morgan fingerprint density at radius 3 is 2.37 bits per heavy atom. The van der Waals surface area contributed by atoms with E-state index in [1.807, 2.05) is 31.2 Å². The predicted octanol–water partition coefficient (Wildman–Crippen LogP) is 0.693. The summed E-state index contributed by atoms with van der Waals surface area (Å²) in [7, 11) is 2.14. The molecule has 2 rings (SSSR count). The van der Waals surface area contributed by atoms with Gasteiger partial charge in [0.15, 0.2) is 0 Å². The number of carbonyl (C=O) groups is 1. The SMILES string of the molecule is CCNNC(=O)c1ccc(N2CCN(C)CC2)cc1. The number of hydrogen-bond acceptors (Lipinski definition) is 4. The third-order valence-corrected chi connectivity index (χ3v) is 3.38. The van der Waals surface area contributed by atoms with Crippen molar-refractivity contribution in [1.29, 1.82) is 0 Å². The number of nitrogens with zero attached hydrogens (tertiary/aromatic N) is 2. The number of carbonyl (C=O) groups excluding carboxylic acids is 1. The molecule has 0 spiro atoms. The van der Waals surface area contributed by atoms with Crippen LogP contribution in [0.4, 0.5) is 5.69 Å². The monoisotopic (exact) mass is 262 g/mol. The van der Waals surface area contributed by atoms with Crippen molar-refractivity contribution < 1.29 is 4.79 Å². The van der Waals surface area contributed by atoms with Crippen LogP contribution in [0, 0.1) is 0 Å². The average molecular weight is 262 g/mol. The molecule has 0 unspecified atom stereocenters. The molecule has 5 heteroatoms. The number of benzene rings is 1. The molecule has 0 aliphatic carbocycles. The number of likely N-dealkylation sites (N-methyl/N-ethyl adjacent to an activating group) is 1. The van der Waals surface area contributed by atoms with Gasteiger partial charge in [0.1, 0.15) is 0 Å². The topological polar surface area (TPSA) is 47.6 Å². The van der Waals surface area contributed by atoms with E-state index in [1.54, 1.807) is 0 Å². The lowest BCUT2D eigenvalue weighted by atomic mass is 10.1. The van der Waals surface area contributed by atoms with Gasteiger partial charge in [0.05, 0.1) is 0 Å². The second kappa shape index (κ2) is 6.54. The van der Waals surface area contributed by atoms with E-state index in [9.17, 15) is 4.79 Å². The molecule has 1 aliphatic heterocycles. The van der Waals surface area contributed by atoms with Gasteiger partial charge in [0.2, 0.25) is 0 Å². The molecule has 1 aliphatic rings. The van der Waals surface area contributed by atoms with E-state index in [0.29, 0.717) is 12.1 Å². The van der Waals surface area contributed by atoms with Crippen molar-refractivity contribution in [1.82, 2.24) is 15.8 Å². The van der Waals surface area contributed by atoms with Crippen LogP contribution in [0.2, 0.25) is 0 Å². The number of nitrogens with one attached hydrogen (secondary N) is 2. The first-order chi connectivity index (χ1) is 9.20. The lowest BCUT2D eigenvalue weighted by Crippen LogP contribution is -2.44. The molecule has 1 fully saturated rings. The zero-order valence-electron chi connectivity index (χ0n) is 11.6. The number of hydrazine groups is 1. The molecule has 0 saturated carbocycles. The summed E-state index contributed by atoms with van der Waals surface area (Å²) in [6.07, 6.45) is 0. The largest absolute Gasteiger partial charge is 0.369 e. The minimum atomic E-state index is -0.0909.